The highest BCUT2D eigenvalue weighted by molar-refractivity contribution is 5.78. The van der Waals surface area contributed by atoms with E-state index in [1.165, 1.54) is 25.0 Å². The summed E-state index contributed by atoms with van der Waals surface area (Å²) in [6.45, 7) is 3.12. The van der Waals surface area contributed by atoms with Crippen LogP contribution in [0.4, 0.5) is 10.3 Å². The van der Waals surface area contributed by atoms with Gasteiger partial charge in [0, 0.05) is 12.6 Å². The van der Waals surface area contributed by atoms with Gasteiger partial charge < -0.3 is 10.3 Å². The zero-order valence-electron chi connectivity index (χ0n) is 9.86. The van der Waals surface area contributed by atoms with Crippen molar-refractivity contribution in [2.24, 2.45) is 11.8 Å². The second-order valence-electron chi connectivity index (χ2n) is 5.03. The Morgan fingerprint density at radius 1 is 1.53 bits per heavy atom. The number of hydrogen-bond donors (Lipinski definition) is 1. The maximum absolute atomic E-state index is 13.1. The monoisotopic (exact) mass is 233 g/mol. The number of halogens is 1. The Hall–Kier alpha value is -1.58. The highest BCUT2D eigenvalue weighted by atomic mass is 19.1. The number of benzene rings is 1. The van der Waals surface area contributed by atoms with Crippen LogP contribution >= 0.6 is 0 Å². The molecular formula is C13H16FN3. The number of aromatic nitrogens is 2. The molecule has 0 spiro atoms. The Morgan fingerprint density at radius 2 is 2.29 bits per heavy atom. The zero-order chi connectivity index (χ0) is 12.0. The van der Waals surface area contributed by atoms with Crippen molar-refractivity contribution in [3.05, 3.63) is 24.0 Å². The predicted molar refractivity (Wildman–Crippen MR) is 66.0 cm³/mol. The smallest absolute Gasteiger partial charge is 0.201 e. The van der Waals surface area contributed by atoms with Crippen LogP contribution in [0, 0.1) is 17.7 Å². The van der Waals surface area contributed by atoms with Gasteiger partial charge in [-0.25, -0.2) is 9.37 Å². The number of rotatable bonds is 3. The van der Waals surface area contributed by atoms with E-state index in [-0.39, 0.29) is 5.82 Å². The molecule has 17 heavy (non-hydrogen) atoms. The van der Waals surface area contributed by atoms with Gasteiger partial charge in [0.1, 0.15) is 5.82 Å². The molecule has 90 valence electrons. The lowest BCUT2D eigenvalue weighted by Gasteiger charge is -2.12. The van der Waals surface area contributed by atoms with E-state index in [9.17, 15) is 4.39 Å². The minimum absolute atomic E-state index is 0.266. The minimum Gasteiger partial charge on any atom is -0.369 e. The lowest BCUT2D eigenvalue weighted by molar-refractivity contribution is 0.439. The summed E-state index contributed by atoms with van der Waals surface area (Å²) in [5.74, 6) is 1.66. The normalized spacial score (nSPS) is 17.5. The molecule has 0 aliphatic heterocycles. The summed E-state index contributed by atoms with van der Waals surface area (Å²) >= 11 is 0. The van der Waals surface area contributed by atoms with E-state index in [1.807, 2.05) is 4.57 Å². The van der Waals surface area contributed by atoms with Crippen molar-refractivity contribution in [1.82, 2.24) is 9.55 Å². The third-order valence-corrected chi connectivity index (χ3v) is 3.64. The van der Waals surface area contributed by atoms with Gasteiger partial charge in [-0.3, -0.25) is 0 Å². The second-order valence-corrected chi connectivity index (χ2v) is 5.03. The maximum atomic E-state index is 13.1. The second kappa shape index (κ2) is 3.72. The third-order valence-electron chi connectivity index (χ3n) is 3.64. The molecule has 2 aromatic rings. The fraction of sp³-hybridized carbons (Fsp3) is 0.462. The van der Waals surface area contributed by atoms with Gasteiger partial charge >= 0.3 is 0 Å². The van der Waals surface area contributed by atoms with E-state index < -0.39 is 0 Å². The molecule has 1 aromatic heterocycles. The van der Waals surface area contributed by atoms with Crippen LogP contribution in [0.1, 0.15) is 19.8 Å². The predicted octanol–water partition coefficient (Wildman–Crippen LogP) is 2.80. The highest BCUT2D eigenvalue weighted by Crippen LogP contribution is 2.38. The van der Waals surface area contributed by atoms with Crippen molar-refractivity contribution in [1.29, 1.82) is 0 Å². The fourth-order valence-corrected chi connectivity index (χ4v) is 2.42. The van der Waals surface area contributed by atoms with Crippen molar-refractivity contribution in [3.8, 4) is 0 Å². The molecule has 2 N–H and O–H groups in total. The first kappa shape index (κ1) is 10.6. The molecule has 3 rings (SSSR count). The summed E-state index contributed by atoms with van der Waals surface area (Å²) in [6.07, 6.45) is 2.64. The molecule has 1 aromatic carbocycles. The molecule has 0 radical (unpaired) electrons. The van der Waals surface area contributed by atoms with E-state index >= 15 is 0 Å². The topological polar surface area (TPSA) is 43.8 Å². The molecule has 0 bridgehead atoms. The average molecular weight is 233 g/mol. The SMILES string of the molecule is CC(Cn1c(N)nc2cc(F)ccc21)C1CC1. The summed E-state index contributed by atoms with van der Waals surface area (Å²) in [6, 6.07) is 4.65. The fourth-order valence-electron chi connectivity index (χ4n) is 2.42. The first-order chi connectivity index (χ1) is 8.15. The lowest BCUT2D eigenvalue weighted by Crippen LogP contribution is -2.11. The summed E-state index contributed by atoms with van der Waals surface area (Å²) < 4.78 is 15.1. The van der Waals surface area contributed by atoms with E-state index in [2.05, 4.69) is 11.9 Å². The lowest BCUT2D eigenvalue weighted by atomic mass is 10.1. The zero-order valence-corrected chi connectivity index (χ0v) is 9.86. The van der Waals surface area contributed by atoms with Crippen LogP contribution in [0.5, 0.6) is 0 Å². The van der Waals surface area contributed by atoms with Crippen LogP contribution in [0.15, 0.2) is 18.2 Å². The maximum Gasteiger partial charge on any atom is 0.201 e. The number of fused-ring (bicyclic) bond motifs is 1. The van der Waals surface area contributed by atoms with Gasteiger partial charge in [-0.1, -0.05) is 6.92 Å². The number of hydrogen-bond acceptors (Lipinski definition) is 2. The van der Waals surface area contributed by atoms with E-state index in [0.717, 1.165) is 18.0 Å². The number of nitrogens with two attached hydrogens (primary N) is 1. The molecule has 4 heteroatoms. The molecule has 1 aliphatic carbocycles. The van der Waals surface area contributed by atoms with Gasteiger partial charge in [0.15, 0.2) is 0 Å². The Labute approximate surface area is 99.4 Å². The molecule has 1 unspecified atom stereocenters. The first-order valence-corrected chi connectivity index (χ1v) is 6.06. The van der Waals surface area contributed by atoms with Crippen LogP contribution in [-0.2, 0) is 6.54 Å². The van der Waals surface area contributed by atoms with Crippen molar-refractivity contribution in [2.45, 2.75) is 26.3 Å². The van der Waals surface area contributed by atoms with Crippen LogP contribution in [0.25, 0.3) is 11.0 Å². The molecule has 1 saturated carbocycles. The van der Waals surface area contributed by atoms with E-state index in [0.29, 0.717) is 17.4 Å². The Morgan fingerprint density at radius 3 is 3.00 bits per heavy atom. The Balaban J connectivity index is 1.99. The van der Waals surface area contributed by atoms with Gasteiger partial charge in [0.25, 0.3) is 0 Å². The van der Waals surface area contributed by atoms with E-state index in [4.69, 9.17) is 5.73 Å². The summed E-state index contributed by atoms with van der Waals surface area (Å²) in [5, 5.41) is 0. The van der Waals surface area contributed by atoms with Crippen LogP contribution in [-0.4, -0.2) is 9.55 Å². The number of imidazole rings is 1. The molecule has 3 nitrogen and oxygen atoms in total. The van der Waals surface area contributed by atoms with Crippen molar-refractivity contribution in [3.63, 3.8) is 0 Å². The van der Waals surface area contributed by atoms with Gasteiger partial charge in [0.2, 0.25) is 5.95 Å². The number of anilines is 1. The minimum atomic E-state index is -0.266. The van der Waals surface area contributed by atoms with Gasteiger partial charge in [-0.15, -0.1) is 0 Å². The van der Waals surface area contributed by atoms with Gasteiger partial charge in [0.05, 0.1) is 11.0 Å². The average Bonchev–Trinajstić information content (AvgIpc) is 3.06. The molecule has 1 fully saturated rings. The van der Waals surface area contributed by atoms with Gasteiger partial charge in [-0.05, 0) is 36.8 Å². The summed E-state index contributed by atoms with van der Waals surface area (Å²) in [5.41, 5.74) is 7.47. The number of nitrogens with zero attached hydrogens (tertiary/aromatic N) is 2. The van der Waals surface area contributed by atoms with Crippen LogP contribution in [0.3, 0.4) is 0 Å². The molecule has 1 heterocycles. The quantitative estimate of drug-likeness (QED) is 0.885. The van der Waals surface area contributed by atoms with Crippen molar-refractivity contribution in [2.75, 3.05) is 5.73 Å². The van der Waals surface area contributed by atoms with Crippen LogP contribution < -0.4 is 5.73 Å². The third kappa shape index (κ3) is 1.88. The van der Waals surface area contributed by atoms with Gasteiger partial charge in [-0.2, -0.15) is 0 Å². The van der Waals surface area contributed by atoms with Crippen molar-refractivity contribution >= 4 is 17.0 Å². The Kier molecular flexibility index (Phi) is 2.31. The van der Waals surface area contributed by atoms with Crippen molar-refractivity contribution < 1.29 is 4.39 Å². The standard InChI is InChI=1S/C13H16FN3/c1-8(9-2-3-9)7-17-12-5-4-10(14)6-11(12)16-13(17)15/h4-6,8-9H,2-3,7H2,1H3,(H2,15,16). The molecular weight excluding hydrogens is 217 g/mol. The molecule has 1 aliphatic rings. The molecule has 0 amide bonds. The molecule has 1 atom stereocenters. The van der Waals surface area contributed by atoms with E-state index in [1.54, 1.807) is 6.07 Å². The Bertz CT molecular complexity index is 557. The highest BCUT2D eigenvalue weighted by Gasteiger charge is 2.28. The summed E-state index contributed by atoms with van der Waals surface area (Å²) in [4.78, 5) is 4.21. The van der Waals surface area contributed by atoms with Crippen LogP contribution in [0.2, 0.25) is 0 Å². The first-order valence-electron chi connectivity index (χ1n) is 6.06. The molecule has 0 saturated heterocycles. The largest absolute Gasteiger partial charge is 0.369 e. The number of nitrogen functional groups attached to an aromatic ring is 1. The summed E-state index contributed by atoms with van der Waals surface area (Å²) in [7, 11) is 0.